The topological polar surface area (TPSA) is 102 Å². The van der Waals surface area contributed by atoms with Gasteiger partial charge in [0.15, 0.2) is 5.82 Å². The van der Waals surface area contributed by atoms with E-state index < -0.39 is 0 Å². The van der Waals surface area contributed by atoms with Gasteiger partial charge in [-0.25, -0.2) is 4.98 Å². The number of methoxy groups -OCH3 is 1. The number of aromatic nitrogens is 3. The molecule has 2 atom stereocenters. The molecule has 1 aliphatic heterocycles. The van der Waals surface area contributed by atoms with Gasteiger partial charge >= 0.3 is 0 Å². The van der Waals surface area contributed by atoms with E-state index in [2.05, 4.69) is 28.8 Å². The molecule has 0 spiro atoms. The van der Waals surface area contributed by atoms with Crippen LogP contribution in [0.2, 0.25) is 0 Å². The van der Waals surface area contributed by atoms with Gasteiger partial charge in [-0.15, -0.1) is 0 Å². The standard InChI is InChI=1S/C23H28N6O2.H2/c1-14-12-29(13-15(2)31-14)21-10-20(28(3)27-21)23(25)18-9-16(5-7-19(18)24)17-6-8-22(30-4)26-11-17;/h5-11,14-15,25H,12-13,24H2,1-4H3;1H/t14-,15?;/m1./s1. The van der Waals surface area contributed by atoms with E-state index in [1.807, 2.05) is 43.4 Å². The van der Waals surface area contributed by atoms with Gasteiger partial charge in [0.25, 0.3) is 0 Å². The number of ether oxygens (including phenoxy) is 2. The molecule has 0 amide bonds. The summed E-state index contributed by atoms with van der Waals surface area (Å²) in [6.07, 6.45) is 2.03. The monoisotopic (exact) mass is 422 g/mol. The Morgan fingerprint density at radius 1 is 1.16 bits per heavy atom. The zero-order valence-corrected chi connectivity index (χ0v) is 18.3. The molecule has 1 aromatic carbocycles. The molecule has 0 saturated carbocycles. The quantitative estimate of drug-likeness (QED) is 0.483. The first-order chi connectivity index (χ1) is 14.9. The van der Waals surface area contributed by atoms with Crippen LogP contribution in [-0.2, 0) is 11.8 Å². The second kappa shape index (κ2) is 8.39. The number of pyridine rings is 1. The van der Waals surface area contributed by atoms with Crippen molar-refractivity contribution in [3.63, 3.8) is 0 Å². The van der Waals surface area contributed by atoms with Crippen LogP contribution in [0.5, 0.6) is 5.88 Å². The first-order valence-corrected chi connectivity index (χ1v) is 10.3. The van der Waals surface area contributed by atoms with Crippen molar-refractivity contribution in [3.8, 4) is 17.0 Å². The Balaban J connectivity index is 0.00000289. The van der Waals surface area contributed by atoms with E-state index in [1.54, 1.807) is 18.0 Å². The number of hydrogen-bond acceptors (Lipinski definition) is 7. The maximum atomic E-state index is 8.86. The van der Waals surface area contributed by atoms with E-state index in [1.165, 1.54) is 0 Å². The van der Waals surface area contributed by atoms with Gasteiger partial charge in [-0.05, 0) is 37.6 Å². The molecule has 1 fully saturated rings. The number of nitrogens with one attached hydrogen (secondary N) is 1. The van der Waals surface area contributed by atoms with Gasteiger partial charge in [0, 0.05) is 56.7 Å². The van der Waals surface area contributed by atoms with Crippen molar-refractivity contribution >= 4 is 17.2 Å². The molecule has 8 nitrogen and oxygen atoms in total. The van der Waals surface area contributed by atoms with Crippen LogP contribution in [0.3, 0.4) is 0 Å². The van der Waals surface area contributed by atoms with Crippen LogP contribution in [0.15, 0.2) is 42.6 Å². The second-order valence-corrected chi connectivity index (χ2v) is 7.94. The number of rotatable bonds is 5. The second-order valence-electron chi connectivity index (χ2n) is 7.94. The van der Waals surface area contributed by atoms with Gasteiger partial charge < -0.3 is 20.1 Å². The summed E-state index contributed by atoms with van der Waals surface area (Å²) >= 11 is 0. The SMILES string of the molecule is COc1ccc(-c2ccc(N)c(C(=N)c3cc(N4CC(C)O[C@H](C)C4)nn3C)c2)cn1.[HH]. The third-order valence-electron chi connectivity index (χ3n) is 5.47. The van der Waals surface area contributed by atoms with Crippen molar-refractivity contribution in [2.75, 3.05) is 30.8 Å². The third kappa shape index (κ3) is 4.25. The summed E-state index contributed by atoms with van der Waals surface area (Å²) in [5, 5.41) is 13.5. The van der Waals surface area contributed by atoms with Crippen LogP contribution in [0, 0.1) is 5.41 Å². The molecule has 1 aliphatic rings. The van der Waals surface area contributed by atoms with Gasteiger partial charge in [-0.3, -0.25) is 10.1 Å². The molecule has 2 aromatic heterocycles. The van der Waals surface area contributed by atoms with Gasteiger partial charge in [-0.1, -0.05) is 6.07 Å². The van der Waals surface area contributed by atoms with Crippen molar-refractivity contribution < 1.29 is 10.9 Å². The minimum absolute atomic E-state index is 0. The normalized spacial score (nSPS) is 18.8. The number of aryl methyl sites for hydroxylation is 1. The highest BCUT2D eigenvalue weighted by Crippen LogP contribution is 2.27. The Kier molecular flexibility index (Phi) is 5.65. The predicted molar refractivity (Wildman–Crippen MR) is 124 cm³/mol. The van der Waals surface area contributed by atoms with Crippen LogP contribution in [0.4, 0.5) is 11.5 Å². The maximum absolute atomic E-state index is 8.86. The molecular formula is C23H30N6O2. The highest BCUT2D eigenvalue weighted by atomic mass is 16.5. The van der Waals surface area contributed by atoms with E-state index in [0.717, 1.165) is 30.0 Å². The molecule has 3 aromatic rings. The van der Waals surface area contributed by atoms with Crippen molar-refractivity contribution in [3.05, 3.63) is 53.9 Å². The van der Waals surface area contributed by atoms with Gasteiger partial charge in [0.05, 0.1) is 30.7 Å². The highest BCUT2D eigenvalue weighted by Gasteiger charge is 2.25. The molecule has 1 unspecified atom stereocenters. The molecule has 164 valence electrons. The number of hydrogen-bond donors (Lipinski definition) is 2. The number of nitrogens with two attached hydrogens (primary N) is 1. The predicted octanol–water partition coefficient (Wildman–Crippen LogP) is 3.35. The minimum Gasteiger partial charge on any atom is -0.481 e. The lowest BCUT2D eigenvalue weighted by atomic mass is 9.99. The summed E-state index contributed by atoms with van der Waals surface area (Å²) in [5.74, 6) is 1.40. The maximum Gasteiger partial charge on any atom is 0.212 e. The Hall–Kier alpha value is -3.39. The molecule has 8 heteroatoms. The first kappa shape index (κ1) is 20.9. The smallest absolute Gasteiger partial charge is 0.212 e. The summed E-state index contributed by atoms with van der Waals surface area (Å²) in [7, 11) is 3.44. The van der Waals surface area contributed by atoms with Crippen LogP contribution in [0.1, 0.15) is 26.5 Å². The van der Waals surface area contributed by atoms with E-state index in [4.69, 9.17) is 20.6 Å². The molecular weight excluding hydrogens is 392 g/mol. The summed E-state index contributed by atoms with van der Waals surface area (Å²) in [6, 6.07) is 11.4. The molecule has 0 radical (unpaired) electrons. The van der Waals surface area contributed by atoms with Crippen LogP contribution in [0.25, 0.3) is 11.1 Å². The number of benzene rings is 1. The minimum atomic E-state index is 0. The lowest BCUT2D eigenvalue weighted by molar-refractivity contribution is -0.00548. The van der Waals surface area contributed by atoms with Crippen LogP contribution in [-0.4, -0.2) is 52.9 Å². The first-order valence-electron chi connectivity index (χ1n) is 10.3. The van der Waals surface area contributed by atoms with E-state index >= 15 is 0 Å². The average molecular weight is 423 g/mol. The molecule has 0 bridgehead atoms. The molecule has 1 saturated heterocycles. The molecule has 31 heavy (non-hydrogen) atoms. The largest absolute Gasteiger partial charge is 0.481 e. The molecule has 3 N–H and O–H groups in total. The summed E-state index contributed by atoms with van der Waals surface area (Å²) in [4.78, 5) is 6.48. The lowest BCUT2D eigenvalue weighted by Crippen LogP contribution is -2.45. The average Bonchev–Trinajstić information content (AvgIpc) is 3.15. The number of anilines is 2. The number of morpholine rings is 1. The molecule has 0 aliphatic carbocycles. The van der Waals surface area contributed by atoms with E-state index in [0.29, 0.717) is 28.5 Å². The Labute approximate surface area is 183 Å². The molecule has 4 rings (SSSR count). The van der Waals surface area contributed by atoms with Crippen molar-refractivity contribution in [2.45, 2.75) is 26.1 Å². The fourth-order valence-corrected chi connectivity index (χ4v) is 3.97. The zero-order chi connectivity index (χ0) is 22.1. The lowest BCUT2D eigenvalue weighted by Gasteiger charge is -2.35. The van der Waals surface area contributed by atoms with Crippen LogP contribution < -0.4 is 15.4 Å². The van der Waals surface area contributed by atoms with E-state index in [9.17, 15) is 0 Å². The number of nitrogen functional groups attached to an aromatic ring is 1. The zero-order valence-electron chi connectivity index (χ0n) is 18.3. The van der Waals surface area contributed by atoms with Crippen molar-refractivity contribution in [1.29, 1.82) is 5.41 Å². The fourth-order valence-electron chi connectivity index (χ4n) is 3.97. The Morgan fingerprint density at radius 3 is 2.52 bits per heavy atom. The van der Waals surface area contributed by atoms with Gasteiger partial charge in [-0.2, -0.15) is 5.10 Å². The van der Waals surface area contributed by atoms with Crippen LogP contribution >= 0.6 is 0 Å². The Morgan fingerprint density at radius 2 is 1.87 bits per heavy atom. The van der Waals surface area contributed by atoms with E-state index in [-0.39, 0.29) is 13.6 Å². The van der Waals surface area contributed by atoms with Gasteiger partial charge in [0.2, 0.25) is 5.88 Å². The van der Waals surface area contributed by atoms with Crippen molar-refractivity contribution in [1.82, 2.24) is 14.8 Å². The van der Waals surface area contributed by atoms with Crippen molar-refractivity contribution in [2.24, 2.45) is 7.05 Å². The summed E-state index contributed by atoms with van der Waals surface area (Å²) < 4.78 is 12.7. The number of nitrogens with zero attached hydrogens (tertiary/aromatic N) is 4. The Bertz CT molecular complexity index is 1090. The van der Waals surface area contributed by atoms with Gasteiger partial charge in [0.1, 0.15) is 0 Å². The summed E-state index contributed by atoms with van der Waals surface area (Å²) in [6.45, 7) is 5.68. The summed E-state index contributed by atoms with van der Waals surface area (Å²) in [5.41, 5.74) is 10.4. The molecule has 3 heterocycles. The highest BCUT2D eigenvalue weighted by molar-refractivity contribution is 6.13. The third-order valence-corrected chi connectivity index (χ3v) is 5.47. The fraction of sp³-hybridized carbons (Fsp3) is 0.348.